The molecular weight excluding hydrogens is 386 g/mol. The molecule has 0 aromatic heterocycles. The predicted octanol–water partition coefficient (Wildman–Crippen LogP) is 1.96. The number of anilines is 2. The van der Waals surface area contributed by atoms with Crippen LogP contribution >= 0.6 is 0 Å². The van der Waals surface area contributed by atoms with Gasteiger partial charge in [0.05, 0.1) is 24.2 Å². The maximum absolute atomic E-state index is 12.9. The van der Waals surface area contributed by atoms with Crippen molar-refractivity contribution in [2.75, 3.05) is 9.80 Å². The number of aryl methyl sites for hydroxylation is 2. The van der Waals surface area contributed by atoms with Gasteiger partial charge in [-0.15, -0.1) is 0 Å². The van der Waals surface area contributed by atoms with Crippen LogP contribution in [0.5, 0.6) is 0 Å². The maximum atomic E-state index is 12.9. The molecule has 0 radical (unpaired) electrons. The van der Waals surface area contributed by atoms with E-state index < -0.39 is 35.7 Å². The molecule has 2 saturated heterocycles. The summed E-state index contributed by atoms with van der Waals surface area (Å²) >= 11 is 0. The molecule has 0 bridgehead atoms. The van der Waals surface area contributed by atoms with E-state index in [4.69, 9.17) is 0 Å². The van der Waals surface area contributed by atoms with E-state index in [1.165, 1.54) is 0 Å². The van der Waals surface area contributed by atoms with Gasteiger partial charge in [-0.05, 0) is 38.1 Å². The highest BCUT2D eigenvalue weighted by atomic mass is 16.5. The molecule has 4 rings (SSSR count). The Hall–Kier alpha value is -3.36. The van der Waals surface area contributed by atoms with Crippen molar-refractivity contribution in [1.82, 2.24) is 5.06 Å². The number of hydrogen-bond donors (Lipinski definition) is 1. The molecule has 0 spiro atoms. The van der Waals surface area contributed by atoms with Crippen molar-refractivity contribution in [2.45, 2.75) is 38.8 Å². The minimum atomic E-state index is -1.22. The van der Waals surface area contributed by atoms with Gasteiger partial charge in [0.1, 0.15) is 12.1 Å². The van der Waals surface area contributed by atoms with Crippen molar-refractivity contribution in [3.05, 3.63) is 59.7 Å². The van der Waals surface area contributed by atoms with E-state index in [0.717, 1.165) is 20.9 Å². The summed E-state index contributed by atoms with van der Waals surface area (Å²) in [6, 6.07) is 11.3. The summed E-state index contributed by atoms with van der Waals surface area (Å²) in [4.78, 5) is 52.7. The van der Waals surface area contributed by atoms with Gasteiger partial charge in [0.25, 0.3) is 11.8 Å². The smallest absolute Gasteiger partial charge is 0.254 e. The minimum absolute atomic E-state index is 0.272. The number of rotatable bonds is 4. The first-order chi connectivity index (χ1) is 14.3. The number of benzene rings is 2. The van der Waals surface area contributed by atoms with Gasteiger partial charge in [-0.2, -0.15) is 5.06 Å². The summed E-state index contributed by atoms with van der Waals surface area (Å²) < 4.78 is 0. The second-order valence-corrected chi connectivity index (χ2v) is 7.63. The van der Waals surface area contributed by atoms with Crippen molar-refractivity contribution in [2.24, 2.45) is 0 Å². The van der Waals surface area contributed by atoms with Crippen LogP contribution in [-0.4, -0.2) is 46.0 Å². The van der Waals surface area contributed by atoms with Crippen LogP contribution in [-0.2, 0) is 19.2 Å². The third kappa shape index (κ3) is 3.30. The highest BCUT2D eigenvalue weighted by Gasteiger charge is 2.50. The van der Waals surface area contributed by atoms with Crippen molar-refractivity contribution in [3.63, 3.8) is 0 Å². The number of carbonyl (C=O) groups excluding carboxylic acids is 4. The van der Waals surface area contributed by atoms with Crippen molar-refractivity contribution in [3.8, 4) is 0 Å². The lowest BCUT2D eigenvalue weighted by molar-refractivity contribution is -0.172. The maximum Gasteiger partial charge on any atom is 0.254 e. The molecular formula is C22H21N3O5. The average Bonchev–Trinajstić information content (AvgIpc) is 3.18. The highest BCUT2D eigenvalue weighted by Crippen LogP contribution is 2.30. The van der Waals surface area contributed by atoms with Gasteiger partial charge < -0.3 is 5.21 Å². The lowest BCUT2D eigenvalue weighted by Crippen LogP contribution is -2.49. The minimum Gasteiger partial charge on any atom is -0.312 e. The van der Waals surface area contributed by atoms with Crippen molar-refractivity contribution < 1.29 is 24.4 Å². The van der Waals surface area contributed by atoms with E-state index in [-0.39, 0.29) is 12.8 Å². The first-order valence-electron chi connectivity index (χ1n) is 9.62. The molecule has 2 aromatic carbocycles. The monoisotopic (exact) mass is 407 g/mol. The summed E-state index contributed by atoms with van der Waals surface area (Å²) in [5.74, 6) is -2.19. The third-order valence-electron chi connectivity index (χ3n) is 5.47. The number of hydroxylamine groups is 2. The number of carbonyl (C=O) groups is 4. The molecule has 8 heteroatoms. The fourth-order valence-electron chi connectivity index (χ4n) is 3.79. The van der Waals surface area contributed by atoms with Gasteiger partial charge in [-0.3, -0.25) is 19.2 Å². The zero-order chi connectivity index (χ0) is 21.6. The normalized spacial score (nSPS) is 22.0. The highest BCUT2D eigenvalue weighted by molar-refractivity contribution is 6.24. The van der Waals surface area contributed by atoms with E-state index in [2.05, 4.69) is 0 Å². The van der Waals surface area contributed by atoms with Crippen molar-refractivity contribution >= 4 is 35.0 Å². The van der Waals surface area contributed by atoms with Gasteiger partial charge >= 0.3 is 0 Å². The zero-order valence-electron chi connectivity index (χ0n) is 16.6. The van der Waals surface area contributed by atoms with Crippen LogP contribution in [0.4, 0.5) is 11.4 Å². The molecule has 4 amide bonds. The molecule has 2 atom stereocenters. The van der Waals surface area contributed by atoms with Gasteiger partial charge in [0.15, 0.2) is 0 Å². The third-order valence-corrected chi connectivity index (χ3v) is 5.47. The summed E-state index contributed by atoms with van der Waals surface area (Å²) in [5.41, 5.74) is 2.76. The van der Waals surface area contributed by atoms with Crippen LogP contribution < -0.4 is 9.80 Å². The van der Waals surface area contributed by atoms with Gasteiger partial charge in [0.2, 0.25) is 11.8 Å². The van der Waals surface area contributed by atoms with E-state index >= 15 is 0 Å². The Morgan fingerprint density at radius 2 is 1.03 bits per heavy atom. The predicted molar refractivity (Wildman–Crippen MR) is 108 cm³/mol. The van der Waals surface area contributed by atoms with E-state index in [0.29, 0.717) is 16.4 Å². The summed E-state index contributed by atoms with van der Waals surface area (Å²) in [6.07, 6.45) is -0.544. The Labute approximate surface area is 173 Å². The number of nitrogens with zero attached hydrogens (tertiary/aromatic N) is 3. The van der Waals surface area contributed by atoms with Crippen LogP contribution in [0, 0.1) is 13.8 Å². The fraction of sp³-hybridized carbons (Fsp3) is 0.273. The Bertz CT molecular complexity index is 948. The number of amides is 4. The standard InChI is InChI=1S/C22H21N3O5/c1-13-3-7-15(8-4-13)23-19(26)11-17(21(23)28)25(30)18-12-20(27)24(22(18)29)16-9-5-14(2)6-10-16/h3-10,17-18,30H,11-12H2,1-2H3/t17-,18-/m0/s1. The molecule has 0 saturated carbocycles. The molecule has 2 fully saturated rings. The molecule has 0 unspecified atom stereocenters. The fourth-order valence-corrected chi connectivity index (χ4v) is 3.79. The molecule has 2 heterocycles. The Morgan fingerprint density at radius 1 is 0.700 bits per heavy atom. The Balaban J connectivity index is 1.55. The summed E-state index contributed by atoms with van der Waals surface area (Å²) in [6.45, 7) is 3.77. The molecule has 2 aliphatic rings. The largest absolute Gasteiger partial charge is 0.312 e. The van der Waals surface area contributed by atoms with Gasteiger partial charge in [-0.1, -0.05) is 35.4 Å². The molecule has 154 valence electrons. The van der Waals surface area contributed by atoms with E-state index in [1.54, 1.807) is 48.5 Å². The van der Waals surface area contributed by atoms with Crippen LogP contribution in [0.3, 0.4) is 0 Å². The summed E-state index contributed by atoms with van der Waals surface area (Å²) in [7, 11) is 0. The quantitative estimate of drug-likeness (QED) is 0.615. The lowest BCUT2D eigenvalue weighted by atomic mass is 10.1. The van der Waals surface area contributed by atoms with Crippen molar-refractivity contribution in [1.29, 1.82) is 0 Å². The molecule has 2 aromatic rings. The van der Waals surface area contributed by atoms with Crippen LogP contribution in [0.15, 0.2) is 48.5 Å². The van der Waals surface area contributed by atoms with E-state index in [1.807, 2.05) is 13.8 Å². The summed E-state index contributed by atoms with van der Waals surface area (Å²) in [5, 5.41) is 11.2. The molecule has 8 nitrogen and oxygen atoms in total. The molecule has 0 aliphatic carbocycles. The Kier molecular flexibility index (Phi) is 4.97. The van der Waals surface area contributed by atoms with Crippen LogP contribution in [0.25, 0.3) is 0 Å². The van der Waals surface area contributed by atoms with E-state index in [9.17, 15) is 24.4 Å². The molecule has 2 aliphatic heterocycles. The van der Waals surface area contributed by atoms with Gasteiger partial charge in [0, 0.05) is 0 Å². The second kappa shape index (κ2) is 7.47. The van der Waals surface area contributed by atoms with Gasteiger partial charge in [-0.25, -0.2) is 9.80 Å². The number of hydrogen-bond acceptors (Lipinski definition) is 6. The average molecular weight is 407 g/mol. The molecule has 30 heavy (non-hydrogen) atoms. The topological polar surface area (TPSA) is 98.2 Å². The van der Waals surface area contributed by atoms with Crippen LogP contribution in [0.1, 0.15) is 24.0 Å². The first-order valence-corrected chi connectivity index (χ1v) is 9.62. The lowest BCUT2D eigenvalue weighted by Gasteiger charge is -2.25. The Morgan fingerprint density at radius 3 is 1.37 bits per heavy atom. The second-order valence-electron chi connectivity index (χ2n) is 7.63. The first kappa shape index (κ1) is 19.9. The number of imide groups is 2. The zero-order valence-corrected chi connectivity index (χ0v) is 16.6. The molecule has 1 N–H and O–H groups in total. The van der Waals surface area contributed by atoms with Crippen LogP contribution in [0.2, 0.25) is 0 Å². The SMILES string of the molecule is Cc1ccc(N2C(=O)C[C@H](N(O)[C@H]3CC(=O)N(c4ccc(C)cc4)C3=O)C2=O)cc1.